The van der Waals surface area contributed by atoms with Crippen molar-refractivity contribution in [3.63, 3.8) is 0 Å². The van der Waals surface area contributed by atoms with E-state index < -0.39 is 0 Å². The summed E-state index contributed by atoms with van der Waals surface area (Å²) in [5, 5.41) is 0. The lowest BCUT2D eigenvalue weighted by Gasteiger charge is -2.43. The number of nitrogens with two attached hydrogens (primary N) is 3. The van der Waals surface area contributed by atoms with Crippen LogP contribution in [-0.4, -0.2) is 50.0 Å². The van der Waals surface area contributed by atoms with Crippen LogP contribution in [0.5, 0.6) is 0 Å². The fourth-order valence-electron chi connectivity index (χ4n) is 3.18. The van der Waals surface area contributed by atoms with E-state index in [0.29, 0.717) is 32.7 Å². The Morgan fingerprint density at radius 2 is 1.26 bits per heavy atom. The summed E-state index contributed by atoms with van der Waals surface area (Å²) in [4.78, 5) is 17.4. The van der Waals surface area contributed by atoms with Gasteiger partial charge in [-0.1, -0.05) is 0 Å². The molecule has 0 spiro atoms. The second-order valence-corrected chi connectivity index (χ2v) is 5.77. The van der Waals surface area contributed by atoms with Gasteiger partial charge in [0.25, 0.3) is 0 Å². The van der Waals surface area contributed by atoms with Gasteiger partial charge in [0.05, 0.1) is 13.1 Å². The monoisotopic (exact) mass is 320 g/mol. The van der Waals surface area contributed by atoms with Crippen LogP contribution in [0.15, 0.2) is 24.8 Å². The molecule has 0 saturated heterocycles. The molecule has 2 rings (SSSR count). The van der Waals surface area contributed by atoms with Crippen molar-refractivity contribution in [2.24, 2.45) is 17.2 Å². The molecule has 128 valence electrons. The van der Waals surface area contributed by atoms with E-state index in [1.807, 2.05) is 12.4 Å². The topological polar surface area (TPSA) is 139 Å². The third-order valence-corrected chi connectivity index (χ3v) is 4.29. The summed E-state index contributed by atoms with van der Waals surface area (Å²) in [6.07, 6.45) is 9.69. The quantitative estimate of drug-likeness (QED) is 0.392. The van der Waals surface area contributed by atoms with E-state index in [0.717, 1.165) is 30.9 Å². The molecule has 0 fully saturated rings. The third kappa shape index (κ3) is 4.61. The van der Waals surface area contributed by atoms with E-state index in [1.165, 1.54) is 0 Å². The Labute approximate surface area is 136 Å². The van der Waals surface area contributed by atoms with Crippen LogP contribution in [0.25, 0.3) is 0 Å². The van der Waals surface area contributed by atoms with Gasteiger partial charge in [0, 0.05) is 30.3 Å². The van der Waals surface area contributed by atoms with Gasteiger partial charge in [-0.25, -0.2) is 9.97 Å². The lowest BCUT2D eigenvalue weighted by molar-refractivity contribution is 0.0462. The molecule has 8 nitrogen and oxygen atoms in total. The van der Waals surface area contributed by atoms with Gasteiger partial charge < -0.3 is 27.2 Å². The highest BCUT2D eigenvalue weighted by Crippen LogP contribution is 2.30. The summed E-state index contributed by atoms with van der Waals surface area (Å²) in [6.45, 7) is 3.12. The normalized spacial score (nSPS) is 12.2. The number of hydrogen-bond acceptors (Lipinski definition) is 6. The Morgan fingerprint density at radius 3 is 1.57 bits per heavy atom. The largest absolute Gasteiger partial charge is 0.348 e. The van der Waals surface area contributed by atoms with Crippen LogP contribution in [0, 0.1) is 0 Å². The molecule has 8 N–H and O–H groups in total. The van der Waals surface area contributed by atoms with E-state index in [2.05, 4.69) is 24.8 Å². The van der Waals surface area contributed by atoms with Gasteiger partial charge in [0.15, 0.2) is 0 Å². The molecular formula is C15H28N8. The maximum absolute atomic E-state index is 5.90. The number of nitrogens with zero attached hydrogens (tertiary/aromatic N) is 3. The maximum atomic E-state index is 5.90. The zero-order valence-electron chi connectivity index (χ0n) is 13.5. The molecule has 0 unspecified atom stereocenters. The van der Waals surface area contributed by atoms with Gasteiger partial charge in [0.1, 0.15) is 11.6 Å². The summed E-state index contributed by atoms with van der Waals surface area (Å²) in [6, 6.07) is 0. The van der Waals surface area contributed by atoms with Crippen molar-refractivity contribution >= 4 is 0 Å². The van der Waals surface area contributed by atoms with Crippen LogP contribution in [0.2, 0.25) is 0 Å². The highest BCUT2D eigenvalue weighted by molar-refractivity contribution is 4.99. The Bertz CT molecular complexity index is 468. The van der Waals surface area contributed by atoms with Gasteiger partial charge in [-0.05, 0) is 38.9 Å². The van der Waals surface area contributed by atoms with Crippen molar-refractivity contribution in [3.05, 3.63) is 36.4 Å². The summed E-state index contributed by atoms with van der Waals surface area (Å²) in [5.74, 6) is 1.82. The summed E-state index contributed by atoms with van der Waals surface area (Å²) in [7, 11) is 0. The van der Waals surface area contributed by atoms with Crippen molar-refractivity contribution in [1.29, 1.82) is 0 Å². The number of rotatable bonds is 11. The average Bonchev–Trinajstić information content (AvgIpc) is 3.21. The highest BCUT2D eigenvalue weighted by Gasteiger charge is 2.35. The first kappa shape index (κ1) is 17.6. The zero-order chi connectivity index (χ0) is 16.5. The average molecular weight is 320 g/mol. The minimum absolute atomic E-state index is 0.155. The first-order valence-electron chi connectivity index (χ1n) is 8.06. The van der Waals surface area contributed by atoms with Crippen LogP contribution in [0.1, 0.15) is 30.9 Å². The molecule has 0 aromatic carbocycles. The first-order chi connectivity index (χ1) is 11.2. The molecule has 0 bridgehead atoms. The van der Waals surface area contributed by atoms with E-state index in [9.17, 15) is 0 Å². The Kier molecular flexibility index (Phi) is 6.72. The van der Waals surface area contributed by atoms with Crippen LogP contribution in [0.4, 0.5) is 0 Å². The van der Waals surface area contributed by atoms with E-state index >= 15 is 0 Å². The molecule has 8 heteroatoms. The maximum Gasteiger partial charge on any atom is 0.120 e. The van der Waals surface area contributed by atoms with Gasteiger partial charge in [-0.15, -0.1) is 0 Å². The number of aromatic nitrogens is 4. The number of hydrogen-bond donors (Lipinski definition) is 5. The molecule has 2 aromatic rings. The minimum atomic E-state index is -0.155. The van der Waals surface area contributed by atoms with Crippen molar-refractivity contribution in [1.82, 2.24) is 24.8 Å². The van der Waals surface area contributed by atoms with Gasteiger partial charge >= 0.3 is 0 Å². The van der Waals surface area contributed by atoms with E-state index in [4.69, 9.17) is 17.2 Å². The molecule has 0 aliphatic carbocycles. The fraction of sp³-hybridized carbons (Fsp3) is 0.600. The van der Waals surface area contributed by atoms with E-state index in [1.54, 1.807) is 12.4 Å². The summed E-state index contributed by atoms with van der Waals surface area (Å²) < 4.78 is 0. The molecule has 2 heterocycles. The van der Waals surface area contributed by atoms with Crippen LogP contribution in [0.3, 0.4) is 0 Å². The standard InChI is InChI=1S/C15H28N8/c16-4-1-15(2-5-17,3-6-18)23(11-13-19-7-8-20-13)12-14-21-9-10-22-14/h7-10H,1-6,11-12,16-18H2,(H,19,20)(H,21,22). The molecular weight excluding hydrogens is 292 g/mol. The second kappa shape index (κ2) is 8.78. The molecule has 23 heavy (non-hydrogen) atoms. The molecule has 0 atom stereocenters. The van der Waals surface area contributed by atoms with Gasteiger partial charge in [-0.3, -0.25) is 4.90 Å². The Morgan fingerprint density at radius 1 is 0.826 bits per heavy atom. The van der Waals surface area contributed by atoms with Crippen LogP contribution < -0.4 is 17.2 Å². The molecule has 0 saturated carbocycles. The minimum Gasteiger partial charge on any atom is -0.348 e. The van der Waals surface area contributed by atoms with Crippen molar-refractivity contribution in [2.75, 3.05) is 19.6 Å². The fourth-order valence-corrected chi connectivity index (χ4v) is 3.18. The van der Waals surface area contributed by atoms with Gasteiger partial charge in [0.2, 0.25) is 0 Å². The van der Waals surface area contributed by atoms with E-state index in [-0.39, 0.29) is 5.54 Å². The molecule has 0 aliphatic heterocycles. The first-order valence-corrected chi connectivity index (χ1v) is 8.06. The number of aromatic amines is 2. The Balaban J connectivity index is 2.28. The molecule has 0 aliphatic rings. The smallest absolute Gasteiger partial charge is 0.120 e. The van der Waals surface area contributed by atoms with Crippen molar-refractivity contribution < 1.29 is 0 Å². The number of nitrogens with one attached hydrogen (secondary N) is 2. The third-order valence-electron chi connectivity index (χ3n) is 4.29. The predicted octanol–water partition coefficient (Wildman–Crippen LogP) is -0.0798. The Hall–Kier alpha value is -1.74. The lowest BCUT2D eigenvalue weighted by Crippen LogP contribution is -2.51. The van der Waals surface area contributed by atoms with Gasteiger partial charge in [-0.2, -0.15) is 0 Å². The molecule has 2 aromatic heterocycles. The molecule has 0 amide bonds. The van der Waals surface area contributed by atoms with Crippen molar-refractivity contribution in [3.8, 4) is 0 Å². The SMILES string of the molecule is NCCC(CCN)(CCN)N(Cc1ncc[nH]1)Cc1ncc[nH]1. The summed E-state index contributed by atoms with van der Waals surface area (Å²) in [5.41, 5.74) is 17.6. The summed E-state index contributed by atoms with van der Waals surface area (Å²) >= 11 is 0. The zero-order valence-corrected chi connectivity index (χ0v) is 13.5. The lowest BCUT2D eigenvalue weighted by atomic mass is 9.85. The number of H-pyrrole nitrogens is 2. The number of imidazole rings is 2. The van der Waals surface area contributed by atoms with Crippen LogP contribution in [-0.2, 0) is 13.1 Å². The second-order valence-electron chi connectivity index (χ2n) is 5.77. The van der Waals surface area contributed by atoms with Crippen molar-refractivity contribution in [2.45, 2.75) is 37.9 Å². The predicted molar refractivity (Wildman–Crippen MR) is 90.2 cm³/mol. The highest BCUT2D eigenvalue weighted by atomic mass is 15.2. The molecule has 0 radical (unpaired) electrons. The van der Waals surface area contributed by atoms with Crippen LogP contribution >= 0.6 is 0 Å².